The third-order valence-corrected chi connectivity index (χ3v) is 9.28. The second-order valence-corrected chi connectivity index (χ2v) is 11.8. The molecule has 0 atom stereocenters. The summed E-state index contributed by atoms with van der Waals surface area (Å²) in [4.78, 5) is 0. The Morgan fingerprint density at radius 3 is 1.72 bits per heavy atom. The summed E-state index contributed by atoms with van der Waals surface area (Å²) in [5, 5.41) is 6.60. The lowest BCUT2D eigenvalue weighted by Gasteiger charge is -2.20. The molecule has 0 saturated carbocycles. The molecule has 10 rings (SSSR count). The van der Waals surface area contributed by atoms with Crippen molar-refractivity contribution in [1.29, 1.82) is 0 Å². The van der Waals surface area contributed by atoms with E-state index in [2.05, 4.69) is 18.2 Å². The van der Waals surface area contributed by atoms with Crippen LogP contribution < -0.4 is 0 Å². The molecule has 0 unspecified atom stereocenters. The monoisotopic (exact) mass is 604 g/mol. The fraction of sp³-hybridized carbons (Fsp3) is 0. The summed E-state index contributed by atoms with van der Waals surface area (Å²) in [5.74, 6) is 0. The molecule has 47 heavy (non-hydrogen) atoms. The zero-order valence-electron chi connectivity index (χ0n) is 33.0. The molecule has 0 radical (unpaired) electrons. The molecule has 1 heterocycles. The standard InChI is InChI=1S/C46H28O/c1-2-13-31-27-33(22-21-29(31)11-1)44-37-17-7-9-19-39(37)45(40-20-10-8-18-38(40)44)36-16-6-5-14-34(36)32-24-25-42-41(28-32)46-35-15-4-3-12-30(35)23-26-43(46)47-42/h1-28H/i7D,8D,9D,10D,17D,18D,19D,20D. The summed E-state index contributed by atoms with van der Waals surface area (Å²) in [6, 6.07) is 36.2. The van der Waals surface area contributed by atoms with Gasteiger partial charge >= 0.3 is 0 Å². The first-order valence-electron chi connectivity index (χ1n) is 19.5. The fourth-order valence-electron chi connectivity index (χ4n) is 7.20. The Balaban J connectivity index is 1.39. The quantitative estimate of drug-likeness (QED) is 0.183. The molecule has 1 heteroatoms. The lowest BCUT2D eigenvalue weighted by Crippen LogP contribution is -1.92. The number of rotatable bonds is 3. The van der Waals surface area contributed by atoms with Crippen LogP contribution in [-0.2, 0) is 0 Å². The van der Waals surface area contributed by atoms with E-state index >= 15 is 0 Å². The van der Waals surface area contributed by atoms with Crippen LogP contribution in [0.4, 0.5) is 0 Å². The highest BCUT2D eigenvalue weighted by Gasteiger charge is 2.20. The predicted octanol–water partition coefficient (Wildman–Crippen LogP) is 13.2. The zero-order chi connectivity index (χ0) is 37.9. The van der Waals surface area contributed by atoms with Crippen LogP contribution in [0.15, 0.2) is 174 Å². The van der Waals surface area contributed by atoms with Crippen molar-refractivity contribution in [2.24, 2.45) is 0 Å². The maximum atomic E-state index is 9.44. The third-order valence-electron chi connectivity index (χ3n) is 9.28. The second-order valence-electron chi connectivity index (χ2n) is 11.8. The molecule has 0 aliphatic heterocycles. The summed E-state index contributed by atoms with van der Waals surface area (Å²) in [7, 11) is 0. The van der Waals surface area contributed by atoms with Gasteiger partial charge in [-0.05, 0) is 101 Å². The smallest absolute Gasteiger partial charge is 0.136 e. The van der Waals surface area contributed by atoms with Gasteiger partial charge < -0.3 is 4.42 Å². The molecule has 0 spiro atoms. The highest BCUT2D eigenvalue weighted by molar-refractivity contribution is 6.23. The maximum absolute atomic E-state index is 9.44. The minimum Gasteiger partial charge on any atom is -0.456 e. The van der Waals surface area contributed by atoms with Gasteiger partial charge in [0.05, 0.1) is 11.0 Å². The topological polar surface area (TPSA) is 13.1 Å². The molecule has 0 saturated heterocycles. The molecule has 218 valence electrons. The van der Waals surface area contributed by atoms with E-state index in [0.29, 0.717) is 27.8 Å². The second kappa shape index (κ2) is 10.2. The van der Waals surface area contributed by atoms with Crippen molar-refractivity contribution >= 4 is 65.0 Å². The molecule has 0 fully saturated rings. The van der Waals surface area contributed by atoms with E-state index < -0.39 is 24.2 Å². The Morgan fingerprint density at radius 2 is 0.957 bits per heavy atom. The number of hydrogen-bond acceptors (Lipinski definition) is 1. The normalized spacial score (nSPS) is 14.2. The van der Waals surface area contributed by atoms with E-state index in [1.807, 2.05) is 103 Å². The molecule has 0 aliphatic rings. The Hall–Kier alpha value is -6.18. The van der Waals surface area contributed by atoms with Crippen molar-refractivity contribution in [2.45, 2.75) is 0 Å². The molecule has 0 bridgehead atoms. The molecule has 0 N–H and O–H groups in total. The summed E-state index contributed by atoms with van der Waals surface area (Å²) < 4.78 is 79.3. The minimum atomic E-state index is -0.431. The Kier molecular flexibility index (Phi) is 4.19. The maximum Gasteiger partial charge on any atom is 0.136 e. The van der Waals surface area contributed by atoms with E-state index in [1.54, 1.807) is 0 Å². The highest BCUT2D eigenvalue weighted by atomic mass is 16.3. The minimum absolute atomic E-state index is 0.181. The van der Waals surface area contributed by atoms with Gasteiger partial charge in [0, 0.05) is 10.8 Å². The summed E-state index contributed by atoms with van der Waals surface area (Å²) >= 11 is 0. The van der Waals surface area contributed by atoms with Crippen molar-refractivity contribution in [3.63, 3.8) is 0 Å². The molecule has 1 aromatic heterocycles. The fourth-order valence-corrected chi connectivity index (χ4v) is 7.20. The Morgan fingerprint density at radius 1 is 0.383 bits per heavy atom. The zero-order valence-corrected chi connectivity index (χ0v) is 25.0. The molecule has 9 aromatic carbocycles. The molecule has 0 aliphatic carbocycles. The van der Waals surface area contributed by atoms with Crippen LogP contribution in [0.5, 0.6) is 0 Å². The lowest BCUT2D eigenvalue weighted by molar-refractivity contribution is 0.669. The van der Waals surface area contributed by atoms with Crippen LogP contribution in [0, 0.1) is 0 Å². The van der Waals surface area contributed by atoms with Crippen molar-refractivity contribution in [1.82, 2.24) is 0 Å². The summed E-state index contributed by atoms with van der Waals surface area (Å²) in [6.07, 6.45) is 0. The van der Waals surface area contributed by atoms with Crippen LogP contribution in [0.25, 0.3) is 98.4 Å². The van der Waals surface area contributed by atoms with E-state index in [4.69, 9.17) is 9.90 Å². The number of fused-ring (bicyclic) bond motifs is 8. The van der Waals surface area contributed by atoms with E-state index in [0.717, 1.165) is 49.0 Å². The van der Waals surface area contributed by atoms with Gasteiger partial charge in [0.2, 0.25) is 0 Å². The molecule has 10 aromatic rings. The van der Waals surface area contributed by atoms with Crippen LogP contribution in [0.2, 0.25) is 0 Å². The van der Waals surface area contributed by atoms with Gasteiger partial charge in [-0.1, -0.05) is 145 Å². The molecule has 0 amide bonds. The first-order chi connectivity index (χ1) is 26.6. The molecular weight excluding hydrogens is 569 g/mol. The van der Waals surface area contributed by atoms with Crippen LogP contribution in [-0.4, -0.2) is 0 Å². The Labute approximate surface area is 283 Å². The van der Waals surface area contributed by atoms with Gasteiger partial charge in [0.25, 0.3) is 0 Å². The van der Waals surface area contributed by atoms with E-state index in [-0.39, 0.29) is 45.7 Å². The SMILES string of the molecule is [2H]c1c([2H])c([2H])c2c(-c3ccccc3-c3ccc4oc5ccc6ccccc6c5c4c3)c3c([2H])c([2H])c([2H])c([2H])c3c(-c3ccc4ccccc4c3)c2c1[2H]. The highest BCUT2D eigenvalue weighted by Crippen LogP contribution is 2.47. The number of hydrogen-bond donors (Lipinski definition) is 0. The van der Waals surface area contributed by atoms with Crippen molar-refractivity contribution in [3.8, 4) is 33.4 Å². The van der Waals surface area contributed by atoms with Crippen LogP contribution in [0.1, 0.15) is 11.0 Å². The van der Waals surface area contributed by atoms with Gasteiger partial charge in [-0.3, -0.25) is 0 Å². The largest absolute Gasteiger partial charge is 0.456 e. The van der Waals surface area contributed by atoms with E-state index in [1.165, 1.54) is 0 Å². The summed E-state index contributed by atoms with van der Waals surface area (Å²) in [6.45, 7) is 0. The first kappa shape index (κ1) is 19.4. The van der Waals surface area contributed by atoms with Crippen LogP contribution in [0.3, 0.4) is 0 Å². The average Bonchev–Trinajstić information content (AvgIpc) is 3.60. The van der Waals surface area contributed by atoms with Crippen LogP contribution >= 0.6 is 0 Å². The van der Waals surface area contributed by atoms with Gasteiger partial charge in [-0.15, -0.1) is 0 Å². The lowest BCUT2D eigenvalue weighted by atomic mass is 9.83. The van der Waals surface area contributed by atoms with Crippen molar-refractivity contribution < 1.29 is 15.4 Å². The molecule has 1 nitrogen and oxygen atoms in total. The van der Waals surface area contributed by atoms with Gasteiger partial charge in [-0.25, -0.2) is 0 Å². The van der Waals surface area contributed by atoms with E-state index in [9.17, 15) is 5.48 Å². The summed E-state index contributed by atoms with van der Waals surface area (Å²) in [5.41, 5.74) is 4.78. The Bertz CT molecular complexity index is 3230. The van der Waals surface area contributed by atoms with Gasteiger partial charge in [0.1, 0.15) is 11.2 Å². The average molecular weight is 605 g/mol. The predicted molar refractivity (Wildman–Crippen MR) is 200 cm³/mol. The molecular formula is C46H28O. The number of benzene rings is 9. The van der Waals surface area contributed by atoms with Crippen molar-refractivity contribution in [3.05, 3.63) is 170 Å². The van der Waals surface area contributed by atoms with Gasteiger partial charge in [-0.2, -0.15) is 0 Å². The van der Waals surface area contributed by atoms with Gasteiger partial charge in [0.15, 0.2) is 0 Å². The van der Waals surface area contributed by atoms with Crippen molar-refractivity contribution in [2.75, 3.05) is 0 Å². The first-order valence-corrected chi connectivity index (χ1v) is 15.5. The third kappa shape index (κ3) is 3.97. The number of furan rings is 1.